The van der Waals surface area contributed by atoms with Crippen molar-refractivity contribution in [1.29, 1.82) is 0 Å². The molecule has 0 saturated carbocycles. The molecule has 2 heteroatoms. The summed E-state index contributed by atoms with van der Waals surface area (Å²) in [6.45, 7) is 0. The third kappa shape index (κ3) is 2.95. The highest BCUT2D eigenvalue weighted by Gasteiger charge is 2.01. The number of hydrogen-bond acceptors (Lipinski definition) is 1. The van der Waals surface area contributed by atoms with Gasteiger partial charge in [0.2, 0.25) is 0 Å². The Labute approximate surface area is 72.8 Å². The van der Waals surface area contributed by atoms with Crippen LogP contribution in [0.5, 0.6) is 0 Å². The molecule has 0 bridgehead atoms. The van der Waals surface area contributed by atoms with Gasteiger partial charge in [-0.15, -0.1) is 0 Å². The van der Waals surface area contributed by atoms with E-state index in [4.69, 9.17) is 17.4 Å². The van der Waals surface area contributed by atoms with Crippen LogP contribution >= 0.6 is 12.6 Å². The molecule has 1 rings (SSSR count). The van der Waals surface area contributed by atoms with Crippen molar-refractivity contribution in [2.24, 2.45) is 0 Å². The first kappa shape index (κ1) is 8.62. The number of rotatable bonds is 3. The average Bonchev–Trinajstić information content (AvgIpc) is 2.06. The Balaban J connectivity index is 2.51. The molecule has 0 aliphatic carbocycles. The zero-order valence-corrected chi connectivity index (χ0v) is 7.30. The van der Waals surface area contributed by atoms with Crippen molar-refractivity contribution in [3.8, 4) is 0 Å². The highest BCUT2D eigenvalue weighted by atomic mass is 32.1. The summed E-state index contributed by atoms with van der Waals surface area (Å²) in [6.07, 6.45) is 0.812. The first-order chi connectivity index (χ1) is 5.33. The lowest BCUT2D eigenvalue weighted by Crippen LogP contribution is -2.04. The van der Waals surface area contributed by atoms with Crippen molar-refractivity contribution < 1.29 is 4.74 Å². The van der Waals surface area contributed by atoms with Gasteiger partial charge in [-0.1, -0.05) is 43.0 Å². The molecule has 59 valence electrons. The zero-order chi connectivity index (χ0) is 8.10. The molecule has 11 heavy (non-hydrogen) atoms. The largest absolute Gasteiger partial charge is 0.370 e. The van der Waals surface area contributed by atoms with Gasteiger partial charge in [0.05, 0.1) is 0 Å². The van der Waals surface area contributed by atoms with Crippen LogP contribution in [0.1, 0.15) is 5.56 Å². The van der Waals surface area contributed by atoms with E-state index in [9.17, 15) is 0 Å². The van der Waals surface area contributed by atoms with Gasteiger partial charge in [0.1, 0.15) is 5.44 Å². The second-order valence-electron chi connectivity index (χ2n) is 2.35. The maximum atomic E-state index is 5.00. The van der Waals surface area contributed by atoms with Crippen LogP contribution in [-0.2, 0) is 11.2 Å². The Morgan fingerprint density at radius 3 is 2.55 bits per heavy atom. The molecule has 0 aliphatic heterocycles. The van der Waals surface area contributed by atoms with Gasteiger partial charge in [-0.3, -0.25) is 0 Å². The van der Waals surface area contributed by atoms with Crippen molar-refractivity contribution in [2.45, 2.75) is 11.9 Å². The fraction of sp³-hybridized carbons (Fsp3) is 0.333. The van der Waals surface area contributed by atoms with Crippen LogP contribution in [0.3, 0.4) is 0 Å². The van der Waals surface area contributed by atoms with E-state index in [0.29, 0.717) is 0 Å². The molecule has 1 aromatic rings. The van der Waals surface area contributed by atoms with Gasteiger partial charge in [0.25, 0.3) is 0 Å². The molecule has 0 aromatic heterocycles. The van der Waals surface area contributed by atoms with Crippen molar-refractivity contribution in [1.82, 2.24) is 0 Å². The van der Waals surface area contributed by atoms with Gasteiger partial charge in [-0.2, -0.15) is 0 Å². The van der Waals surface area contributed by atoms with Crippen LogP contribution in [0.25, 0.3) is 0 Å². The fourth-order valence-corrected chi connectivity index (χ4v) is 1.08. The summed E-state index contributed by atoms with van der Waals surface area (Å²) in [5.41, 5.74) is 1.13. The van der Waals surface area contributed by atoms with E-state index in [2.05, 4.69) is 12.1 Å². The second kappa shape index (κ2) is 4.42. The first-order valence-corrected chi connectivity index (χ1v) is 4.02. The Morgan fingerprint density at radius 2 is 2.00 bits per heavy atom. The van der Waals surface area contributed by atoms with Crippen LogP contribution < -0.4 is 0 Å². The molecular formula is C9H11OS. The average molecular weight is 167 g/mol. The normalized spacial score (nSPS) is 12.9. The van der Waals surface area contributed by atoms with Gasteiger partial charge in [0.15, 0.2) is 0 Å². The summed E-state index contributed by atoms with van der Waals surface area (Å²) in [4.78, 5) is 0. The van der Waals surface area contributed by atoms with Crippen molar-refractivity contribution in [3.63, 3.8) is 0 Å². The molecule has 1 radical (unpaired) electrons. The van der Waals surface area contributed by atoms with E-state index < -0.39 is 0 Å². The SMILES string of the molecule is COC([S])Cc1ccccc1. The monoisotopic (exact) mass is 167 g/mol. The third-order valence-electron chi connectivity index (χ3n) is 1.51. The summed E-state index contributed by atoms with van der Waals surface area (Å²) in [6, 6.07) is 10.1. The Kier molecular flexibility index (Phi) is 3.46. The summed E-state index contributed by atoms with van der Waals surface area (Å²) in [7, 11) is 1.64. The van der Waals surface area contributed by atoms with E-state index in [1.807, 2.05) is 18.2 Å². The predicted molar refractivity (Wildman–Crippen MR) is 48.5 cm³/mol. The lowest BCUT2D eigenvalue weighted by Gasteiger charge is -2.06. The van der Waals surface area contributed by atoms with Crippen molar-refractivity contribution in [2.75, 3.05) is 7.11 Å². The van der Waals surface area contributed by atoms with Gasteiger partial charge in [-0.05, 0) is 5.56 Å². The van der Waals surface area contributed by atoms with E-state index >= 15 is 0 Å². The molecule has 0 amide bonds. The minimum atomic E-state index is -0.0996. The molecule has 0 spiro atoms. The predicted octanol–water partition coefficient (Wildman–Crippen LogP) is 2.40. The topological polar surface area (TPSA) is 9.23 Å². The molecular weight excluding hydrogens is 156 g/mol. The van der Waals surface area contributed by atoms with Crippen molar-refractivity contribution >= 4 is 12.6 Å². The van der Waals surface area contributed by atoms with E-state index in [-0.39, 0.29) is 5.44 Å². The lowest BCUT2D eigenvalue weighted by molar-refractivity contribution is 0.175. The molecule has 1 aromatic carbocycles. The molecule has 1 unspecified atom stereocenters. The second-order valence-corrected chi connectivity index (χ2v) is 2.88. The van der Waals surface area contributed by atoms with Crippen LogP contribution in [0, 0.1) is 0 Å². The Bertz CT molecular complexity index is 198. The number of benzene rings is 1. The summed E-state index contributed by atoms with van der Waals surface area (Å²) < 4.78 is 4.97. The van der Waals surface area contributed by atoms with E-state index in [1.165, 1.54) is 5.56 Å². The molecule has 1 atom stereocenters. The van der Waals surface area contributed by atoms with Crippen molar-refractivity contribution in [3.05, 3.63) is 35.9 Å². The van der Waals surface area contributed by atoms with E-state index in [0.717, 1.165) is 6.42 Å². The Hall–Kier alpha value is -0.470. The first-order valence-electron chi connectivity index (χ1n) is 3.55. The number of hydrogen-bond donors (Lipinski definition) is 0. The van der Waals surface area contributed by atoms with Gasteiger partial charge in [0, 0.05) is 13.5 Å². The minimum absolute atomic E-state index is 0.0996. The van der Waals surface area contributed by atoms with Crippen LogP contribution in [0.2, 0.25) is 0 Å². The molecule has 0 heterocycles. The smallest absolute Gasteiger partial charge is 0.116 e. The summed E-state index contributed by atoms with van der Waals surface area (Å²) >= 11 is 5.00. The fourth-order valence-electron chi connectivity index (χ4n) is 0.890. The quantitative estimate of drug-likeness (QED) is 0.671. The van der Waals surface area contributed by atoms with Crippen LogP contribution in [0.15, 0.2) is 30.3 Å². The van der Waals surface area contributed by atoms with Crippen LogP contribution in [-0.4, -0.2) is 12.5 Å². The molecule has 0 fully saturated rings. The molecule has 0 aliphatic rings. The number of ether oxygens (including phenoxy) is 1. The van der Waals surface area contributed by atoms with Gasteiger partial charge in [-0.25, -0.2) is 0 Å². The standard InChI is InChI=1S/C9H11OS/c1-10-9(11)7-8-5-3-2-4-6-8/h2-6,9H,7H2,1H3. The number of methoxy groups -OCH3 is 1. The molecule has 0 saturated heterocycles. The lowest BCUT2D eigenvalue weighted by atomic mass is 10.2. The summed E-state index contributed by atoms with van der Waals surface area (Å²) in [5, 5.41) is 0. The van der Waals surface area contributed by atoms with E-state index in [1.54, 1.807) is 7.11 Å². The van der Waals surface area contributed by atoms with Gasteiger partial charge >= 0.3 is 0 Å². The molecule has 0 N–H and O–H groups in total. The Morgan fingerprint density at radius 1 is 1.36 bits per heavy atom. The van der Waals surface area contributed by atoms with Crippen LogP contribution in [0.4, 0.5) is 0 Å². The summed E-state index contributed by atoms with van der Waals surface area (Å²) in [5.74, 6) is 0. The maximum Gasteiger partial charge on any atom is 0.116 e. The third-order valence-corrected chi connectivity index (χ3v) is 1.87. The minimum Gasteiger partial charge on any atom is -0.370 e. The van der Waals surface area contributed by atoms with Gasteiger partial charge < -0.3 is 4.74 Å². The highest BCUT2D eigenvalue weighted by molar-refractivity contribution is 7.80. The molecule has 1 nitrogen and oxygen atoms in total. The highest BCUT2D eigenvalue weighted by Crippen LogP contribution is 2.07. The maximum absolute atomic E-state index is 5.00. The zero-order valence-electron chi connectivity index (χ0n) is 6.49.